The van der Waals surface area contributed by atoms with E-state index in [9.17, 15) is 4.79 Å². The molecule has 0 bridgehead atoms. The van der Waals surface area contributed by atoms with E-state index in [1.807, 2.05) is 6.26 Å². The lowest BCUT2D eigenvalue weighted by atomic mass is 10.7. The van der Waals surface area contributed by atoms with Crippen molar-refractivity contribution in [1.29, 1.82) is 0 Å². The minimum Gasteiger partial charge on any atom is -0.299 e. The quantitative estimate of drug-likeness (QED) is 0.383. The lowest BCUT2D eigenvalue weighted by molar-refractivity contribution is -0.104. The highest BCUT2D eigenvalue weighted by Gasteiger charge is 1.58. The summed E-state index contributed by atoms with van der Waals surface area (Å²) in [6.45, 7) is 0. The van der Waals surface area contributed by atoms with Crippen LogP contribution in [0.15, 0.2) is 11.5 Å². The molecule has 0 N–H and O–H groups in total. The first kappa shape index (κ1) is 5.76. The zero-order chi connectivity index (χ0) is 4.83. The third-order valence-corrected chi connectivity index (χ3v) is 0.723. The maximum Gasteiger partial charge on any atom is 0.143 e. The molecule has 0 aliphatic carbocycles. The van der Waals surface area contributed by atoms with Crippen LogP contribution in [0.4, 0.5) is 0 Å². The minimum atomic E-state index is 0.760. The normalized spacial score (nSPS) is 9.50. The maximum atomic E-state index is 9.46. The van der Waals surface area contributed by atoms with E-state index < -0.39 is 0 Å². The van der Waals surface area contributed by atoms with Gasteiger partial charge in [-0.05, 0) is 17.7 Å². The van der Waals surface area contributed by atoms with E-state index in [0.29, 0.717) is 0 Å². The van der Waals surface area contributed by atoms with Gasteiger partial charge >= 0.3 is 0 Å². The van der Waals surface area contributed by atoms with Gasteiger partial charge in [-0.25, -0.2) is 0 Å². The molecule has 0 aliphatic heterocycles. The molecule has 0 rings (SSSR count). The van der Waals surface area contributed by atoms with Crippen LogP contribution < -0.4 is 0 Å². The first-order valence-electron chi connectivity index (χ1n) is 1.55. The molecule has 0 atom stereocenters. The van der Waals surface area contributed by atoms with E-state index in [-0.39, 0.29) is 0 Å². The summed E-state index contributed by atoms with van der Waals surface area (Å²) < 4.78 is 0. The minimum absolute atomic E-state index is 0.760. The first-order chi connectivity index (χ1) is 2.91. The summed E-state index contributed by atoms with van der Waals surface area (Å²) in [5, 5.41) is 1.73. The van der Waals surface area contributed by atoms with Gasteiger partial charge in [-0.2, -0.15) is 0 Å². The van der Waals surface area contributed by atoms with Gasteiger partial charge in [0, 0.05) is 0 Å². The van der Waals surface area contributed by atoms with E-state index in [4.69, 9.17) is 0 Å². The Balaban J connectivity index is 2.94. The van der Waals surface area contributed by atoms with Gasteiger partial charge in [-0.15, -0.1) is 11.8 Å². The molecule has 0 saturated carbocycles. The Morgan fingerprint density at radius 3 is 2.50 bits per heavy atom. The van der Waals surface area contributed by atoms with Crippen LogP contribution in [0, 0.1) is 0 Å². The van der Waals surface area contributed by atoms with E-state index >= 15 is 0 Å². The second-order valence-corrected chi connectivity index (χ2v) is 1.44. The van der Waals surface area contributed by atoms with Gasteiger partial charge in [-0.3, -0.25) is 4.79 Å². The highest BCUT2D eigenvalue weighted by molar-refractivity contribution is 8.01. The SMILES string of the molecule is CS/C=C/C=O. The molecule has 0 radical (unpaired) electrons. The van der Waals surface area contributed by atoms with Gasteiger partial charge in [0.15, 0.2) is 0 Å². The van der Waals surface area contributed by atoms with Crippen LogP contribution in [0.3, 0.4) is 0 Å². The van der Waals surface area contributed by atoms with Crippen molar-refractivity contribution in [3.8, 4) is 0 Å². The van der Waals surface area contributed by atoms with Crippen LogP contribution in [0.25, 0.3) is 0 Å². The Labute approximate surface area is 41.4 Å². The van der Waals surface area contributed by atoms with Gasteiger partial charge in [0.2, 0.25) is 0 Å². The topological polar surface area (TPSA) is 17.1 Å². The molecule has 1 nitrogen and oxygen atoms in total. The fraction of sp³-hybridized carbons (Fsp3) is 0.250. The Morgan fingerprint density at radius 2 is 2.33 bits per heavy atom. The largest absolute Gasteiger partial charge is 0.299 e. The maximum absolute atomic E-state index is 9.46. The number of carbonyl (C=O) groups is 1. The predicted octanol–water partition coefficient (Wildman–Crippen LogP) is 1.06. The smallest absolute Gasteiger partial charge is 0.143 e. The lowest BCUT2D eigenvalue weighted by Crippen LogP contribution is -1.51. The molecule has 0 unspecified atom stereocenters. The second kappa shape index (κ2) is 4.76. The average Bonchev–Trinajstić information content (AvgIpc) is 1.61. The molecule has 0 aromatic carbocycles. The second-order valence-electron chi connectivity index (χ2n) is 0.700. The van der Waals surface area contributed by atoms with Crippen molar-refractivity contribution in [3.05, 3.63) is 11.5 Å². The zero-order valence-electron chi connectivity index (χ0n) is 3.55. The number of aldehydes is 1. The van der Waals surface area contributed by atoms with Gasteiger partial charge in [0.25, 0.3) is 0 Å². The number of carbonyl (C=O) groups excluding carboxylic acids is 1. The summed E-state index contributed by atoms with van der Waals surface area (Å²) in [5.41, 5.74) is 0. The van der Waals surface area contributed by atoms with Gasteiger partial charge in [0.05, 0.1) is 0 Å². The van der Waals surface area contributed by atoms with Crippen LogP contribution in [0.5, 0.6) is 0 Å². The zero-order valence-corrected chi connectivity index (χ0v) is 4.37. The predicted molar refractivity (Wildman–Crippen MR) is 28.7 cm³/mol. The molecule has 6 heavy (non-hydrogen) atoms. The monoisotopic (exact) mass is 102 g/mol. The number of hydrogen-bond acceptors (Lipinski definition) is 2. The third kappa shape index (κ3) is 3.76. The Kier molecular flexibility index (Phi) is 4.57. The number of allylic oxidation sites excluding steroid dienone is 1. The fourth-order valence-electron chi connectivity index (χ4n) is 0.111. The van der Waals surface area contributed by atoms with Crippen LogP contribution in [-0.2, 0) is 4.79 Å². The molecule has 0 aromatic rings. The molecular weight excluding hydrogens is 96.1 g/mol. The molecule has 2 heteroatoms. The summed E-state index contributed by atoms with van der Waals surface area (Å²) in [4.78, 5) is 9.46. The van der Waals surface area contributed by atoms with Crippen LogP contribution in [0.1, 0.15) is 0 Å². The summed E-state index contributed by atoms with van der Waals surface area (Å²) >= 11 is 1.51. The molecule has 0 amide bonds. The van der Waals surface area contributed by atoms with Crippen LogP contribution >= 0.6 is 11.8 Å². The summed E-state index contributed by atoms with van der Waals surface area (Å²) in [6, 6.07) is 0. The highest BCUT2D eigenvalue weighted by Crippen LogP contribution is 1.89. The number of rotatable bonds is 2. The van der Waals surface area contributed by atoms with Crippen molar-refractivity contribution in [2.45, 2.75) is 0 Å². The first-order valence-corrected chi connectivity index (χ1v) is 2.83. The van der Waals surface area contributed by atoms with E-state index in [1.165, 1.54) is 17.8 Å². The molecule has 0 aromatic heterocycles. The Bertz CT molecular complexity index is 58.6. The third-order valence-electron chi connectivity index (χ3n) is 0.293. The number of hydrogen-bond donors (Lipinski definition) is 0. The molecular formula is C4H6OS. The van der Waals surface area contributed by atoms with E-state index in [2.05, 4.69) is 0 Å². The standard InChI is InChI=1S/C4H6OS/c1-6-4-2-3-5/h2-4H,1H3/b4-2+. The van der Waals surface area contributed by atoms with Crippen molar-refractivity contribution in [2.75, 3.05) is 6.26 Å². The Morgan fingerprint density at radius 1 is 1.67 bits per heavy atom. The van der Waals surface area contributed by atoms with Gasteiger partial charge in [0.1, 0.15) is 6.29 Å². The highest BCUT2D eigenvalue weighted by atomic mass is 32.2. The van der Waals surface area contributed by atoms with Crippen molar-refractivity contribution in [3.63, 3.8) is 0 Å². The van der Waals surface area contributed by atoms with E-state index in [0.717, 1.165) is 6.29 Å². The fourth-order valence-corrected chi connectivity index (χ4v) is 0.332. The molecule has 0 spiro atoms. The summed E-state index contributed by atoms with van der Waals surface area (Å²) in [7, 11) is 0. The van der Waals surface area contributed by atoms with Gasteiger partial charge in [-0.1, -0.05) is 0 Å². The summed E-state index contributed by atoms with van der Waals surface area (Å²) in [6.07, 6.45) is 4.13. The molecule has 0 aliphatic rings. The average molecular weight is 102 g/mol. The lowest BCUT2D eigenvalue weighted by Gasteiger charge is -1.66. The van der Waals surface area contributed by atoms with Crippen molar-refractivity contribution < 1.29 is 4.79 Å². The van der Waals surface area contributed by atoms with Crippen LogP contribution in [-0.4, -0.2) is 12.5 Å². The van der Waals surface area contributed by atoms with Gasteiger partial charge < -0.3 is 0 Å². The summed E-state index contributed by atoms with van der Waals surface area (Å²) in [5.74, 6) is 0. The van der Waals surface area contributed by atoms with Crippen LogP contribution in [0.2, 0.25) is 0 Å². The number of thioether (sulfide) groups is 1. The molecule has 0 fully saturated rings. The van der Waals surface area contributed by atoms with E-state index in [1.54, 1.807) is 5.41 Å². The van der Waals surface area contributed by atoms with Crippen molar-refractivity contribution >= 4 is 18.0 Å². The van der Waals surface area contributed by atoms with Crippen molar-refractivity contribution in [2.24, 2.45) is 0 Å². The Hall–Kier alpha value is -0.240. The van der Waals surface area contributed by atoms with Crippen molar-refractivity contribution in [1.82, 2.24) is 0 Å². The molecule has 0 saturated heterocycles. The molecule has 34 valence electrons. The molecule has 0 heterocycles.